The molecule has 20 heavy (non-hydrogen) atoms. The molecule has 0 fully saturated rings. The van der Waals surface area contributed by atoms with Gasteiger partial charge in [-0.3, -0.25) is 31.1 Å². The number of guanidine groups is 4. The summed E-state index contributed by atoms with van der Waals surface area (Å²) in [6.45, 7) is 0. The lowest BCUT2D eigenvalue weighted by Gasteiger charge is -2.28. The van der Waals surface area contributed by atoms with Gasteiger partial charge in [-0.2, -0.15) is 4.99 Å². The maximum absolute atomic E-state index is 7.84. The van der Waals surface area contributed by atoms with Crippen LogP contribution >= 0.6 is 0 Å². The predicted octanol–water partition coefficient (Wildman–Crippen LogP) is -2.45. The average Bonchev–Trinajstić information content (AvgIpc) is 2.36. The van der Waals surface area contributed by atoms with Crippen molar-refractivity contribution in [1.29, 1.82) is 10.8 Å². The Morgan fingerprint density at radius 1 is 1.10 bits per heavy atom. The molecule has 0 unspecified atom stereocenters. The van der Waals surface area contributed by atoms with Crippen LogP contribution in [0, 0.1) is 10.8 Å². The summed E-state index contributed by atoms with van der Waals surface area (Å²) in [4.78, 5) is 10.7. The van der Waals surface area contributed by atoms with Crippen LogP contribution in [-0.2, 0) is 0 Å². The number of nitrogens with one attached hydrogen (secondary N) is 4. The summed E-state index contributed by atoms with van der Waals surface area (Å²) in [7, 11) is 8.30. The number of hydrogen-bond acceptors (Lipinski definition) is 4. The first-order chi connectivity index (χ1) is 9.20. The van der Waals surface area contributed by atoms with Gasteiger partial charge in [0.25, 0.3) is 0 Å². The van der Waals surface area contributed by atoms with Crippen molar-refractivity contribution in [3.8, 4) is 0 Å². The van der Waals surface area contributed by atoms with E-state index in [4.69, 9.17) is 22.3 Å². The highest BCUT2D eigenvalue weighted by Crippen LogP contribution is 1.90. The van der Waals surface area contributed by atoms with Crippen molar-refractivity contribution in [3.05, 3.63) is 0 Å². The van der Waals surface area contributed by atoms with Crippen molar-refractivity contribution in [2.24, 2.45) is 21.5 Å². The molecule has 8 N–H and O–H groups in total. The minimum Gasteiger partial charge on any atom is -0.370 e. The molecular weight excluding hydrogens is 262 g/mol. The Labute approximate surface area is 118 Å². The molecule has 0 aliphatic rings. The van der Waals surface area contributed by atoms with E-state index in [9.17, 15) is 0 Å². The molecule has 0 spiro atoms. The molecular formula is C9H23N11. The quantitative estimate of drug-likeness (QED) is 0.187. The Balaban J connectivity index is 4.59. The molecule has 0 atom stereocenters. The van der Waals surface area contributed by atoms with Crippen LogP contribution in [0.5, 0.6) is 0 Å². The summed E-state index contributed by atoms with van der Waals surface area (Å²) in [6, 6.07) is 0. The fourth-order valence-corrected chi connectivity index (χ4v) is 1.07. The number of aliphatic imine (C=N–C) groups is 2. The topological polar surface area (TPSA) is 158 Å². The molecule has 0 saturated carbocycles. The SMILES string of the molecule is C/N=C(\NNN(C)C(=N)N=C(N)N)N(C)C(=N)N(C)C. The Morgan fingerprint density at radius 3 is 2.05 bits per heavy atom. The molecule has 0 heterocycles. The maximum atomic E-state index is 7.84. The van der Waals surface area contributed by atoms with E-state index in [2.05, 4.69) is 20.9 Å². The molecule has 0 rings (SSSR count). The van der Waals surface area contributed by atoms with Crippen molar-refractivity contribution in [2.75, 3.05) is 35.2 Å². The van der Waals surface area contributed by atoms with Crippen LogP contribution in [0.1, 0.15) is 0 Å². The molecule has 0 bridgehead atoms. The molecule has 0 aliphatic carbocycles. The standard InChI is InChI=1S/C9H23N11/c1-14-9(19(4)8(13)18(2)3)16-17-20(5)7(12)15-6(10)11/h13,17H,1-5H3,(H,14,16)(H5,10,11,12,15). The monoisotopic (exact) mass is 285 g/mol. The lowest BCUT2D eigenvalue weighted by Crippen LogP contribution is -2.56. The smallest absolute Gasteiger partial charge is 0.236 e. The minimum absolute atomic E-state index is 0.182. The Morgan fingerprint density at radius 2 is 1.65 bits per heavy atom. The average molecular weight is 285 g/mol. The van der Waals surface area contributed by atoms with E-state index >= 15 is 0 Å². The summed E-state index contributed by atoms with van der Waals surface area (Å²) in [5.74, 6) is 0.229. The van der Waals surface area contributed by atoms with E-state index in [1.54, 1.807) is 40.1 Å². The Hall–Kier alpha value is -2.56. The summed E-state index contributed by atoms with van der Waals surface area (Å²) < 4.78 is 0. The van der Waals surface area contributed by atoms with Crippen LogP contribution in [0.2, 0.25) is 0 Å². The second-order valence-corrected chi connectivity index (χ2v) is 3.98. The molecule has 0 aromatic heterocycles. The zero-order valence-corrected chi connectivity index (χ0v) is 12.4. The van der Waals surface area contributed by atoms with Gasteiger partial charge in [-0.1, -0.05) is 0 Å². The van der Waals surface area contributed by atoms with Gasteiger partial charge in [0, 0.05) is 35.2 Å². The van der Waals surface area contributed by atoms with E-state index in [0.29, 0.717) is 5.96 Å². The third kappa shape index (κ3) is 5.39. The van der Waals surface area contributed by atoms with Gasteiger partial charge in [0.2, 0.25) is 11.9 Å². The summed E-state index contributed by atoms with van der Waals surface area (Å²) in [5, 5.41) is 16.6. The van der Waals surface area contributed by atoms with Crippen LogP contribution in [0.4, 0.5) is 0 Å². The Bertz CT molecular complexity index is 406. The van der Waals surface area contributed by atoms with Crippen LogP contribution in [0.25, 0.3) is 0 Å². The first-order valence-corrected chi connectivity index (χ1v) is 5.60. The molecule has 11 heteroatoms. The first-order valence-electron chi connectivity index (χ1n) is 5.60. The van der Waals surface area contributed by atoms with Gasteiger partial charge in [0.05, 0.1) is 0 Å². The van der Waals surface area contributed by atoms with Gasteiger partial charge < -0.3 is 16.4 Å². The van der Waals surface area contributed by atoms with Gasteiger partial charge in [-0.15, -0.1) is 5.53 Å². The number of hydrazine groups is 2. The summed E-state index contributed by atoms with van der Waals surface area (Å²) in [6.07, 6.45) is 0. The van der Waals surface area contributed by atoms with E-state index in [1.807, 2.05) is 0 Å². The van der Waals surface area contributed by atoms with Gasteiger partial charge in [0.15, 0.2) is 11.9 Å². The van der Waals surface area contributed by atoms with Crippen LogP contribution in [-0.4, -0.2) is 73.9 Å². The molecule has 114 valence electrons. The van der Waals surface area contributed by atoms with Crippen molar-refractivity contribution >= 4 is 23.8 Å². The number of nitrogens with zero attached hydrogens (tertiary/aromatic N) is 5. The van der Waals surface area contributed by atoms with E-state index < -0.39 is 0 Å². The lowest BCUT2D eigenvalue weighted by molar-refractivity contribution is 0.326. The summed E-state index contributed by atoms with van der Waals surface area (Å²) in [5.41, 5.74) is 15.8. The summed E-state index contributed by atoms with van der Waals surface area (Å²) >= 11 is 0. The predicted molar refractivity (Wildman–Crippen MR) is 80.1 cm³/mol. The van der Waals surface area contributed by atoms with Crippen molar-refractivity contribution in [1.82, 2.24) is 25.8 Å². The molecule has 0 aromatic carbocycles. The third-order valence-electron chi connectivity index (χ3n) is 2.16. The molecule has 0 saturated heterocycles. The fraction of sp³-hybridized carbons (Fsp3) is 0.556. The highest BCUT2D eigenvalue weighted by molar-refractivity contribution is 5.96. The fourth-order valence-electron chi connectivity index (χ4n) is 1.07. The van der Waals surface area contributed by atoms with Crippen molar-refractivity contribution < 1.29 is 0 Å². The lowest BCUT2D eigenvalue weighted by atomic mass is 10.6. The molecule has 0 amide bonds. The van der Waals surface area contributed by atoms with E-state index in [0.717, 1.165) is 0 Å². The molecule has 11 nitrogen and oxygen atoms in total. The zero-order chi connectivity index (χ0) is 15.9. The highest BCUT2D eigenvalue weighted by Gasteiger charge is 2.13. The van der Waals surface area contributed by atoms with Crippen LogP contribution in [0.15, 0.2) is 9.98 Å². The molecule has 0 radical (unpaired) electrons. The van der Waals surface area contributed by atoms with Gasteiger partial charge in [-0.25, -0.2) is 0 Å². The van der Waals surface area contributed by atoms with Crippen molar-refractivity contribution in [2.45, 2.75) is 0 Å². The number of rotatable bonds is 2. The first kappa shape index (κ1) is 17.4. The maximum Gasteiger partial charge on any atom is 0.236 e. The van der Waals surface area contributed by atoms with Gasteiger partial charge in [0.1, 0.15) is 0 Å². The van der Waals surface area contributed by atoms with Crippen LogP contribution < -0.4 is 22.4 Å². The third-order valence-corrected chi connectivity index (χ3v) is 2.16. The second kappa shape index (κ2) is 7.78. The van der Waals surface area contributed by atoms with Crippen LogP contribution in [0.3, 0.4) is 0 Å². The van der Waals surface area contributed by atoms with Gasteiger partial charge >= 0.3 is 0 Å². The van der Waals surface area contributed by atoms with E-state index in [1.165, 1.54) is 9.91 Å². The Kier molecular flexibility index (Phi) is 6.79. The van der Waals surface area contributed by atoms with Crippen molar-refractivity contribution in [3.63, 3.8) is 0 Å². The number of nitrogens with two attached hydrogens (primary N) is 2. The second-order valence-electron chi connectivity index (χ2n) is 3.98. The van der Waals surface area contributed by atoms with Gasteiger partial charge in [-0.05, 0) is 0 Å². The molecule has 0 aliphatic heterocycles. The minimum atomic E-state index is -0.209. The van der Waals surface area contributed by atoms with E-state index in [-0.39, 0.29) is 17.9 Å². The normalized spacial score (nSPS) is 10.6. The zero-order valence-electron chi connectivity index (χ0n) is 12.4. The molecule has 0 aromatic rings. The highest BCUT2D eigenvalue weighted by atomic mass is 15.7. The largest absolute Gasteiger partial charge is 0.370 e. The number of hydrogen-bond donors (Lipinski definition) is 6.